The zero-order valence-electron chi connectivity index (χ0n) is 7.32. The van der Waals surface area contributed by atoms with Crippen molar-refractivity contribution in [1.82, 2.24) is 10.2 Å². The second-order valence-corrected chi connectivity index (χ2v) is 3.55. The van der Waals surface area contributed by atoms with E-state index in [9.17, 15) is 9.59 Å². The molecule has 2 unspecified atom stereocenters. The minimum atomic E-state index is -0.380. The average Bonchev–Trinajstić information content (AvgIpc) is 2.15. The summed E-state index contributed by atoms with van der Waals surface area (Å²) in [6.07, 6.45) is 1.71. The minimum absolute atomic E-state index is 0.0356. The third-order valence-corrected chi connectivity index (χ3v) is 2.63. The molecule has 0 saturated carbocycles. The normalized spacial score (nSPS) is 34.1. The van der Waals surface area contributed by atoms with Crippen molar-refractivity contribution in [3.05, 3.63) is 0 Å². The van der Waals surface area contributed by atoms with Gasteiger partial charge < -0.3 is 16.0 Å². The van der Waals surface area contributed by atoms with Gasteiger partial charge in [0.25, 0.3) is 0 Å². The number of hydrogen-bond donors (Lipinski definition) is 2. The Morgan fingerprint density at radius 3 is 2.77 bits per heavy atom. The SMILES string of the molecule is NC1CN(C2CCCNC2=O)C1=O. The zero-order chi connectivity index (χ0) is 9.42. The molecule has 2 fully saturated rings. The van der Waals surface area contributed by atoms with Crippen LogP contribution in [0.25, 0.3) is 0 Å². The number of nitrogens with zero attached hydrogens (tertiary/aromatic N) is 1. The molecule has 72 valence electrons. The number of carbonyl (C=O) groups excluding carboxylic acids is 2. The smallest absolute Gasteiger partial charge is 0.242 e. The summed E-state index contributed by atoms with van der Waals surface area (Å²) >= 11 is 0. The Labute approximate surface area is 76.3 Å². The van der Waals surface area contributed by atoms with Crippen LogP contribution >= 0.6 is 0 Å². The molecule has 2 heterocycles. The van der Waals surface area contributed by atoms with Gasteiger partial charge in [-0.25, -0.2) is 0 Å². The van der Waals surface area contributed by atoms with Gasteiger partial charge in [0.1, 0.15) is 12.1 Å². The van der Waals surface area contributed by atoms with Crippen molar-refractivity contribution >= 4 is 11.8 Å². The lowest BCUT2D eigenvalue weighted by Gasteiger charge is -2.42. The van der Waals surface area contributed by atoms with E-state index < -0.39 is 0 Å². The highest BCUT2D eigenvalue weighted by Gasteiger charge is 2.41. The molecule has 0 aromatic heterocycles. The van der Waals surface area contributed by atoms with Crippen molar-refractivity contribution in [3.63, 3.8) is 0 Å². The molecule has 5 nitrogen and oxygen atoms in total. The molecule has 0 bridgehead atoms. The van der Waals surface area contributed by atoms with E-state index in [-0.39, 0.29) is 23.9 Å². The molecule has 0 spiro atoms. The second-order valence-electron chi connectivity index (χ2n) is 3.55. The number of hydrogen-bond acceptors (Lipinski definition) is 3. The number of nitrogens with one attached hydrogen (secondary N) is 1. The monoisotopic (exact) mass is 183 g/mol. The first-order chi connectivity index (χ1) is 6.20. The molecule has 2 aliphatic rings. The van der Waals surface area contributed by atoms with E-state index in [1.54, 1.807) is 4.90 Å². The minimum Gasteiger partial charge on any atom is -0.354 e. The van der Waals surface area contributed by atoms with E-state index in [1.165, 1.54) is 0 Å². The summed E-state index contributed by atoms with van der Waals surface area (Å²) in [6.45, 7) is 1.25. The van der Waals surface area contributed by atoms with Crippen LogP contribution < -0.4 is 11.1 Å². The fraction of sp³-hybridized carbons (Fsp3) is 0.750. The zero-order valence-corrected chi connectivity index (χ0v) is 7.32. The molecule has 0 aromatic carbocycles. The van der Waals surface area contributed by atoms with Crippen LogP contribution in [0, 0.1) is 0 Å². The summed E-state index contributed by atoms with van der Waals surface area (Å²) in [5.74, 6) is -0.131. The fourth-order valence-electron chi connectivity index (χ4n) is 1.81. The van der Waals surface area contributed by atoms with Crippen LogP contribution in [0.3, 0.4) is 0 Å². The predicted molar refractivity (Wildman–Crippen MR) is 45.7 cm³/mol. The lowest BCUT2D eigenvalue weighted by molar-refractivity contribution is -0.152. The van der Waals surface area contributed by atoms with E-state index >= 15 is 0 Å². The topological polar surface area (TPSA) is 75.4 Å². The second kappa shape index (κ2) is 2.99. The number of β-lactam (4-membered cyclic amide) rings is 1. The molecular formula is C8H13N3O2. The van der Waals surface area contributed by atoms with Gasteiger partial charge in [0.15, 0.2) is 0 Å². The van der Waals surface area contributed by atoms with Crippen molar-refractivity contribution in [2.75, 3.05) is 13.1 Å². The van der Waals surface area contributed by atoms with Crippen LogP contribution in [-0.4, -0.2) is 41.9 Å². The van der Waals surface area contributed by atoms with Crippen LogP contribution in [0.5, 0.6) is 0 Å². The Bertz CT molecular complexity index is 254. The molecule has 0 radical (unpaired) electrons. The quantitative estimate of drug-likeness (QED) is 0.482. The fourth-order valence-corrected chi connectivity index (χ4v) is 1.81. The van der Waals surface area contributed by atoms with Gasteiger partial charge in [-0.3, -0.25) is 9.59 Å². The molecule has 2 saturated heterocycles. The van der Waals surface area contributed by atoms with E-state index in [4.69, 9.17) is 5.73 Å². The number of rotatable bonds is 1. The predicted octanol–water partition coefficient (Wildman–Crippen LogP) is -1.57. The maximum absolute atomic E-state index is 11.3. The molecule has 2 aliphatic heterocycles. The molecule has 2 rings (SSSR count). The van der Waals surface area contributed by atoms with Crippen LogP contribution in [0.1, 0.15) is 12.8 Å². The highest BCUT2D eigenvalue weighted by Crippen LogP contribution is 2.18. The van der Waals surface area contributed by atoms with Gasteiger partial charge in [0.05, 0.1) is 0 Å². The third-order valence-electron chi connectivity index (χ3n) is 2.63. The van der Waals surface area contributed by atoms with E-state index in [1.807, 2.05) is 0 Å². The van der Waals surface area contributed by atoms with Gasteiger partial charge in [-0.15, -0.1) is 0 Å². The molecule has 13 heavy (non-hydrogen) atoms. The van der Waals surface area contributed by atoms with Gasteiger partial charge in [-0.1, -0.05) is 0 Å². The van der Waals surface area contributed by atoms with Gasteiger partial charge in [0, 0.05) is 13.1 Å². The summed E-state index contributed by atoms with van der Waals surface area (Å²) in [7, 11) is 0. The lowest BCUT2D eigenvalue weighted by Crippen LogP contribution is -2.67. The standard InChI is InChI=1S/C8H13N3O2/c9-5-4-11(8(5)13)6-2-1-3-10-7(6)12/h5-6H,1-4,9H2,(H,10,12). The Morgan fingerprint density at radius 2 is 2.23 bits per heavy atom. The van der Waals surface area contributed by atoms with Gasteiger partial charge in [-0.05, 0) is 12.8 Å². The third kappa shape index (κ3) is 1.29. The maximum atomic E-state index is 11.3. The van der Waals surface area contributed by atoms with Crippen LogP contribution in [0.15, 0.2) is 0 Å². The van der Waals surface area contributed by atoms with E-state index in [0.29, 0.717) is 6.54 Å². The maximum Gasteiger partial charge on any atom is 0.242 e. The summed E-state index contributed by atoms with van der Waals surface area (Å²) < 4.78 is 0. The largest absolute Gasteiger partial charge is 0.354 e. The number of piperidine rings is 1. The number of amides is 2. The lowest BCUT2D eigenvalue weighted by atomic mass is 9.98. The van der Waals surface area contributed by atoms with E-state index in [2.05, 4.69) is 5.32 Å². The Kier molecular flexibility index (Phi) is 1.95. The van der Waals surface area contributed by atoms with Crippen molar-refractivity contribution in [2.24, 2.45) is 5.73 Å². The number of likely N-dealkylation sites (tertiary alicyclic amines) is 1. The first-order valence-electron chi connectivity index (χ1n) is 4.54. The van der Waals surface area contributed by atoms with Crippen molar-refractivity contribution < 1.29 is 9.59 Å². The summed E-state index contributed by atoms with van der Waals surface area (Å²) in [5, 5.41) is 2.74. The van der Waals surface area contributed by atoms with E-state index in [0.717, 1.165) is 19.4 Å². The van der Waals surface area contributed by atoms with Gasteiger partial charge in [0.2, 0.25) is 11.8 Å². The van der Waals surface area contributed by atoms with Gasteiger partial charge >= 0.3 is 0 Å². The highest BCUT2D eigenvalue weighted by atomic mass is 16.2. The molecule has 5 heteroatoms. The van der Waals surface area contributed by atoms with Crippen molar-refractivity contribution in [1.29, 1.82) is 0 Å². The van der Waals surface area contributed by atoms with Crippen LogP contribution in [0.2, 0.25) is 0 Å². The van der Waals surface area contributed by atoms with Gasteiger partial charge in [-0.2, -0.15) is 0 Å². The molecule has 2 amide bonds. The molecule has 0 aromatic rings. The summed E-state index contributed by atoms with van der Waals surface area (Å²) in [5.41, 5.74) is 5.44. The van der Waals surface area contributed by atoms with Crippen molar-refractivity contribution in [2.45, 2.75) is 24.9 Å². The molecule has 3 N–H and O–H groups in total. The van der Waals surface area contributed by atoms with Crippen molar-refractivity contribution in [3.8, 4) is 0 Å². The Hall–Kier alpha value is -1.10. The molecule has 2 atom stereocenters. The molecule has 0 aliphatic carbocycles. The Morgan fingerprint density at radius 1 is 1.46 bits per heavy atom. The Balaban J connectivity index is 2.00. The molecular weight excluding hydrogens is 170 g/mol. The number of carbonyl (C=O) groups is 2. The first-order valence-corrected chi connectivity index (χ1v) is 4.54. The summed E-state index contributed by atoms with van der Waals surface area (Å²) in [4.78, 5) is 24.1. The highest BCUT2D eigenvalue weighted by molar-refractivity contribution is 5.94. The number of nitrogens with two attached hydrogens (primary N) is 1. The average molecular weight is 183 g/mol. The first kappa shape index (κ1) is 8.50. The van der Waals surface area contributed by atoms with Crippen LogP contribution in [-0.2, 0) is 9.59 Å². The van der Waals surface area contributed by atoms with Crippen LogP contribution in [0.4, 0.5) is 0 Å². The summed E-state index contributed by atoms with van der Waals surface area (Å²) in [6, 6.07) is -0.643.